The summed E-state index contributed by atoms with van der Waals surface area (Å²) in [5, 5.41) is 0.165. The van der Waals surface area contributed by atoms with Gasteiger partial charge in [-0.3, -0.25) is 0 Å². The van der Waals surface area contributed by atoms with Crippen LogP contribution in [0.4, 0.5) is 0 Å². The summed E-state index contributed by atoms with van der Waals surface area (Å²) in [6.07, 6.45) is 1.35. The van der Waals surface area contributed by atoms with Crippen LogP contribution in [0.25, 0.3) is 0 Å². The van der Waals surface area contributed by atoms with Crippen molar-refractivity contribution in [2.24, 2.45) is 0 Å². The number of sulfonamides is 1. The summed E-state index contributed by atoms with van der Waals surface area (Å²) in [5.74, 6) is 0.607. The number of nitrogens with zero attached hydrogens (tertiary/aromatic N) is 2. The molecule has 1 rings (SSSR count). The Kier molecular flexibility index (Phi) is 3.28. The molecule has 1 aromatic rings. The molecule has 1 heterocycles. The Morgan fingerprint density at radius 3 is 2.36 bits per heavy atom. The normalized spacial score (nSPS) is 12.3. The monoisotopic (exact) mass is 217 g/mol. The summed E-state index contributed by atoms with van der Waals surface area (Å²) in [4.78, 5) is 6.60. The van der Waals surface area contributed by atoms with Crippen molar-refractivity contribution in [2.75, 3.05) is 13.1 Å². The SMILES string of the molecule is CCN(CC)S(=O)(=O)c1cnc(C)[nH]1. The Bertz CT molecular complexity index is 392. The molecule has 80 valence electrons. The molecule has 0 aromatic carbocycles. The van der Waals surface area contributed by atoms with Gasteiger partial charge in [0.25, 0.3) is 10.0 Å². The third-order valence-corrected chi connectivity index (χ3v) is 3.96. The van der Waals surface area contributed by atoms with Crippen LogP contribution in [0.2, 0.25) is 0 Å². The van der Waals surface area contributed by atoms with E-state index in [9.17, 15) is 8.42 Å². The van der Waals surface area contributed by atoms with Crippen LogP contribution in [0.3, 0.4) is 0 Å². The molecule has 5 nitrogen and oxygen atoms in total. The third kappa shape index (κ3) is 1.96. The maximum Gasteiger partial charge on any atom is 0.260 e. The quantitative estimate of drug-likeness (QED) is 0.809. The molecule has 0 spiro atoms. The number of hydrogen-bond donors (Lipinski definition) is 1. The van der Waals surface area contributed by atoms with Gasteiger partial charge in [-0.25, -0.2) is 13.4 Å². The summed E-state index contributed by atoms with van der Waals surface area (Å²) >= 11 is 0. The Labute approximate surface area is 84.2 Å². The zero-order chi connectivity index (χ0) is 10.8. The first-order chi connectivity index (χ1) is 6.52. The first-order valence-electron chi connectivity index (χ1n) is 4.54. The molecule has 0 saturated carbocycles. The van der Waals surface area contributed by atoms with E-state index < -0.39 is 10.0 Å². The molecule has 0 radical (unpaired) electrons. The van der Waals surface area contributed by atoms with E-state index in [1.807, 2.05) is 13.8 Å². The minimum atomic E-state index is -3.37. The van der Waals surface area contributed by atoms with Gasteiger partial charge in [0.1, 0.15) is 5.82 Å². The van der Waals surface area contributed by atoms with Gasteiger partial charge < -0.3 is 4.98 Å². The minimum Gasteiger partial charge on any atom is -0.332 e. The van der Waals surface area contributed by atoms with Gasteiger partial charge in [-0.15, -0.1) is 0 Å². The van der Waals surface area contributed by atoms with E-state index >= 15 is 0 Å². The molecule has 14 heavy (non-hydrogen) atoms. The lowest BCUT2D eigenvalue weighted by molar-refractivity contribution is 0.443. The molecule has 0 saturated heterocycles. The second-order valence-corrected chi connectivity index (χ2v) is 4.83. The van der Waals surface area contributed by atoms with E-state index in [1.165, 1.54) is 10.5 Å². The Morgan fingerprint density at radius 1 is 1.43 bits per heavy atom. The number of imidazole rings is 1. The average molecular weight is 217 g/mol. The fourth-order valence-corrected chi connectivity index (χ4v) is 2.65. The molecular weight excluding hydrogens is 202 g/mol. The van der Waals surface area contributed by atoms with Crippen molar-refractivity contribution in [3.63, 3.8) is 0 Å². The van der Waals surface area contributed by atoms with Crippen LogP contribution in [-0.4, -0.2) is 35.8 Å². The van der Waals surface area contributed by atoms with Gasteiger partial charge in [0.15, 0.2) is 5.03 Å². The van der Waals surface area contributed by atoms with Crippen molar-refractivity contribution < 1.29 is 8.42 Å². The second-order valence-electron chi connectivity index (χ2n) is 2.92. The lowest BCUT2D eigenvalue weighted by atomic mass is 10.7. The first kappa shape index (κ1) is 11.2. The van der Waals surface area contributed by atoms with Gasteiger partial charge >= 0.3 is 0 Å². The van der Waals surface area contributed by atoms with Gasteiger partial charge in [-0.1, -0.05) is 13.8 Å². The number of aromatic nitrogens is 2. The number of aromatic amines is 1. The third-order valence-electron chi connectivity index (χ3n) is 2.00. The van der Waals surface area contributed by atoms with Crippen molar-refractivity contribution in [2.45, 2.75) is 25.8 Å². The number of aryl methyl sites for hydroxylation is 1. The Morgan fingerprint density at radius 2 is 2.00 bits per heavy atom. The van der Waals surface area contributed by atoms with Crippen molar-refractivity contribution in [3.8, 4) is 0 Å². The van der Waals surface area contributed by atoms with E-state index in [0.717, 1.165) is 0 Å². The van der Waals surface area contributed by atoms with Crippen LogP contribution in [0.5, 0.6) is 0 Å². The lowest BCUT2D eigenvalue weighted by Gasteiger charge is -2.16. The summed E-state index contributed by atoms with van der Waals surface area (Å²) < 4.78 is 25.1. The molecule has 0 amide bonds. The van der Waals surface area contributed by atoms with Gasteiger partial charge in [0, 0.05) is 13.1 Å². The van der Waals surface area contributed by atoms with E-state index in [2.05, 4.69) is 9.97 Å². The van der Waals surface area contributed by atoms with Crippen LogP contribution in [0.15, 0.2) is 11.2 Å². The molecule has 0 fully saturated rings. The van der Waals surface area contributed by atoms with E-state index in [0.29, 0.717) is 18.9 Å². The zero-order valence-electron chi connectivity index (χ0n) is 8.61. The topological polar surface area (TPSA) is 66.1 Å². The largest absolute Gasteiger partial charge is 0.332 e. The number of hydrogen-bond acceptors (Lipinski definition) is 3. The highest BCUT2D eigenvalue weighted by Crippen LogP contribution is 2.12. The highest BCUT2D eigenvalue weighted by atomic mass is 32.2. The van der Waals surface area contributed by atoms with Gasteiger partial charge in [-0.2, -0.15) is 4.31 Å². The molecule has 0 atom stereocenters. The highest BCUT2D eigenvalue weighted by molar-refractivity contribution is 7.89. The molecule has 1 N–H and O–H groups in total. The van der Waals surface area contributed by atoms with Crippen LogP contribution >= 0.6 is 0 Å². The van der Waals surface area contributed by atoms with Gasteiger partial charge in [0.2, 0.25) is 0 Å². The average Bonchev–Trinajstić information content (AvgIpc) is 2.54. The van der Waals surface area contributed by atoms with Crippen molar-refractivity contribution in [1.29, 1.82) is 0 Å². The lowest BCUT2D eigenvalue weighted by Crippen LogP contribution is -2.30. The number of H-pyrrole nitrogens is 1. The fraction of sp³-hybridized carbons (Fsp3) is 0.625. The maximum absolute atomic E-state index is 11.9. The first-order valence-corrected chi connectivity index (χ1v) is 5.98. The molecule has 0 unspecified atom stereocenters. The van der Waals surface area contributed by atoms with Crippen LogP contribution in [0, 0.1) is 6.92 Å². The molecule has 6 heteroatoms. The van der Waals surface area contributed by atoms with Crippen LogP contribution < -0.4 is 0 Å². The number of nitrogens with one attached hydrogen (secondary N) is 1. The van der Waals surface area contributed by atoms with Crippen molar-refractivity contribution in [3.05, 3.63) is 12.0 Å². The van der Waals surface area contributed by atoms with E-state index in [4.69, 9.17) is 0 Å². The summed E-state index contributed by atoms with van der Waals surface area (Å²) in [6, 6.07) is 0. The second kappa shape index (κ2) is 4.10. The van der Waals surface area contributed by atoms with Gasteiger partial charge in [-0.05, 0) is 6.92 Å². The van der Waals surface area contributed by atoms with Crippen LogP contribution in [-0.2, 0) is 10.0 Å². The Hall–Kier alpha value is -0.880. The fourth-order valence-electron chi connectivity index (χ4n) is 1.23. The van der Waals surface area contributed by atoms with Gasteiger partial charge in [0.05, 0.1) is 6.20 Å². The zero-order valence-corrected chi connectivity index (χ0v) is 9.43. The highest BCUT2D eigenvalue weighted by Gasteiger charge is 2.23. The van der Waals surface area contributed by atoms with Crippen molar-refractivity contribution >= 4 is 10.0 Å². The minimum absolute atomic E-state index is 0.165. The molecular formula is C8H15N3O2S. The predicted molar refractivity (Wildman–Crippen MR) is 53.4 cm³/mol. The molecule has 1 aromatic heterocycles. The molecule has 0 aliphatic carbocycles. The number of rotatable bonds is 4. The predicted octanol–water partition coefficient (Wildman–Crippen LogP) is 0.749. The van der Waals surface area contributed by atoms with Crippen molar-refractivity contribution in [1.82, 2.24) is 14.3 Å². The molecule has 0 aliphatic rings. The Balaban J connectivity index is 3.07. The summed E-state index contributed by atoms with van der Waals surface area (Å²) in [5.41, 5.74) is 0. The maximum atomic E-state index is 11.9. The molecule has 0 aliphatic heterocycles. The standard InChI is InChI=1S/C8H15N3O2S/c1-4-11(5-2)14(12,13)8-6-9-7(3)10-8/h6H,4-5H2,1-3H3,(H,9,10). The summed E-state index contributed by atoms with van der Waals surface area (Å²) in [6.45, 7) is 6.28. The smallest absolute Gasteiger partial charge is 0.260 e. The van der Waals surface area contributed by atoms with E-state index in [1.54, 1.807) is 6.92 Å². The van der Waals surface area contributed by atoms with E-state index in [-0.39, 0.29) is 5.03 Å². The molecule has 0 bridgehead atoms. The summed E-state index contributed by atoms with van der Waals surface area (Å²) in [7, 11) is -3.37. The van der Waals surface area contributed by atoms with Crippen LogP contribution in [0.1, 0.15) is 19.7 Å².